The van der Waals surface area contributed by atoms with Gasteiger partial charge in [0, 0.05) is 17.9 Å². The molecule has 3 N–H and O–H groups in total. The standard InChI is InChI=1S/C13H12F3N3O2/c14-13(15,16)12-6-9(19-17)7-4-10-11(5-8(7)18-12)21-3-1-2-20-10/h4-6H,1-3,17H2,(H,18,19). The first-order valence-corrected chi connectivity index (χ1v) is 6.27. The molecule has 1 aliphatic rings. The van der Waals surface area contributed by atoms with Gasteiger partial charge in [-0.05, 0) is 12.1 Å². The number of benzene rings is 1. The zero-order valence-electron chi connectivity index (χ0n) is 10.8. The Bertz CT molecular complexity index is 688. The molecule has 0 amide bonds. The van der Waals surface area contributed by atoms with Crippen LogP contribution in [0.3, 0.4) is 0 Å². The number of anilines is 1. The van der Waals surface area contributed by atoms with Crippen LogP contribution in [0.4, 0.5) is 18.9 Å². The Balaban J connectivity index is 2.23. The SMILES string of the molecule is NNc1cc(C(F)(F)F)nc2cc3c(cc12)OCCCO3. The first kappa shape index (κ1) is 13.7. The Morgan fingerprint density at radius 2 is 1.76 bits per heavy atom. The molecule has 0 atom stereocenters. The monoisotopic (exact) mass is 299 g/mol. The molecule has 0 unspecified atom stereocenters. The number of hydrazine groups is 1. The Morgan fingerprint density at radius 3 is 2.38 bits per heavy atom. The van der Waals surface area contributed by atoms with E-state index in [1.807, 2.05) is 0 Å². The van der Waals surface area contributed by atoms with Gasteiger partial charge in [0.25, 0.3) is 0 Å². The number of nitrogens with two attached hydrogens (primary N) is 1. The number of nitrogen functional groups attached to an aromatic ring is 1. The van der Waals surface area contributed by atoms with Crippen molar-refractivity contribution in [1.29, 1.82) is 0 Å². The molecule has 21 heavy (non-hydrogen) atoms. The second-order valence-corrected chi connectivity index (χ2v) is 4.56. The maximum Gasteiger partial charge on any atom is 0.433 e. The van der Waals surface area contributed by atoms with Gasteiger partial charge in [0.15, 0.2) is 11.5 Å². The predicted molar refractivity (Wildman–Crippen MR) is 70.2 cm³/mol. The number of ether oxygens (including phenoxy) is 2. The fraction of sp³-hybridized carbons (Fsp3) is 0.308. The van der Waals surface area contributed by atoms with Crippen molar-refractivity contribution in [2.24, 2.45) is 5.84 Å². The smallest absolute Gasteiger partial charge is 0.433 e. The van der Waals surface area contributed by atoms with Crippen molar-refractivity contribution in [1.82, 2.24) is 4.98 Å². The van der Waals surface area contributed by atoms with E-state index in [0.29, 0.717) is 36.5 Å². The van der Waals surface area contributed by atoms with Crippen molar-refractivity contribution in [3.05, 3.63) is 23.9 Å². The number of fused-ring (bicyclic) bond motifs is 2. The molecule has 1 aromatic carbocycles. The number of hydrogen-bond acceptors (Lipinski definition) is 5. The van der Waals surface area contributed by atoms with E-state index in [2.05, 4.69) is 10.4 Å². The highest BCUT2D eigenvalue weighted by Gasteiger charge is 2.33. The van der Waals surface area contributed by atoms with Crippen LogP contribution in [0.2, 0.25) is 0 Å². The van der Waals surface area contributed by atoms with Gasteiger partial charge in [-0.15, -0.1) is 0 Å². The summed E-state index contributed by atoms with van der Waals surface area (Å²) < 4.78 is 49.5. The number of hydrogen-bond donors (Lipinski definition) is 2. The molecule has 0 saturated carbocycles. The van der Waals surface area contributed by atoms with E-state index in [-0.39, 0.29) is 11.2 Å². The van der Waals surface area contributed by atoms with Gasteiger partial charge in [-0.3, -0.25) is 5.84 Å². The number of aromatic nitrogens is 1. The molecule has 3 rings (SSSR count). The van der Waals surface area contributed by atoms with Crippen LogP contribution in [-0.4, -0.2) is 18.2 Å². The van der Waals surface area contributed by atoms with Gasteiger partial charge in [0.2, 0.25) is 0 Å². The van der Waals surface area contributed by atoms with Crippen LogP contribution in [0, 0.1) is 0 Å². The van der Waals surface area contributed by atoms with Crippen molar-refractivity contribution in [3.63, 3.8) is 0 Å². The zero-order valence-corrected chi connectivity index (χ0v) is 10.8. The summed E-state index contributed by atoms with van der Waals surface area (Å²) in [6.45, 7) is 0.928. The topological polar surface area (TPSA) is 69.4 Å². The Kier molecular flexibility index (Phi) is 3.25. The molecule has 0 aliphatic carbocycles. The Morgan fingerprint density at radius 1 is 1.10 bits per heavy atom. The lowest BCUT2D eigenvalue weighted by Gasteiger charge is -2.14. The minimum absolute atomic E-state index is 0.128. The summed E-state index contributed by atoms with van der Waals surface area (Å²) in [6, 6.07) is 3.89. The quantitative estimate of drug-likeness (QED) is 0.626. The first-order valence-electron chi connectivity index (χ1n) is 6.27. The second kappa shape index (κ2) is 4.96. The largest absolute Gasteiger partial charge is 0.490 e. The fourth-order valence-electron chi connectivity index (χ4n) is 2.15. The van der Waals surface area contributed by atoms with Gasteiger partial charge in [0.05, 0.1) is 24.4 Å². The minimum Gasteiger partial charge on any atom is -0.490 e. The van der Waals surface area contributed by atoms with Gasteiger partial charge in [-0.25, -0.2) is 4.98 Å². The van der Waals surface area contributed by atoms with Crippen LogP contribution >= 0.6 is 0 Å². The summed E-state index contributed by atoms with van der Waals surface area (Å²) >= 11 is 0. The number of pyridine rings is 1. The van der Waals surface area contributed by atoms with Crippen LogP contribution in [0.15, 0.2) is 18.2 Å². The van der Waals surface area contributed by atoms with E-state index in [9.17, 15) is 13.2 Å². The van der Waals surface area contributed by atoms with Crippen LogP contribution in [-0.2, 0) is 6.18 Å². The zero-order chi connectivity index (χ0) is 15.0. The lowest BCUT2D eigenvalue weighted by atomic mass is 10.1. The van der Waals surface area contributed by atoms with Crippen molar-refractivity contribution in [3.8, 4) is 11.5 Å². The number of nitrogens with zero attached hydrogens (tertiary/aromatic N) is 1. The number of nitrogens with one attached hydrogen (secondary N) is 1. The van der Waals surface area contributed by atoms with Gasteiger partial charge < -0.3 is 14.9 Å². The minimum atomic E-state index is -4.55. The summed E-state index contributed by atoms with van der Waals surface area (Å²) in [6.07, 6.45) is -3.85. The van der Waals surface area contributed by atoms with Crippen molar-refractivity contribution in [2.75, 3.05) is 18.6 Å². The maximum atomic E-state index is 12.8. The molecule has 2 heterocycles. The first-order chi connectivity index (χ1) is 9.99. The third-order valence-electron chi connectivity index (χ3n) is 3.12. The molecule has 8 heteroatoms. The third kappa shape index (κ3) is 2.54. The highest BCUT2D eigenvalue weighted by molar-refractivity contribution is 5.93. The number of rotatable bonds is 1. The second-order valence-electron chi connectivity index (χ2n) is 4.56. The van der Waals surface area contributed by atoms with Crippen molar-refractivity contribution >= 4 is 16.6 Å². The average molecular weight is 299 g/mol. The summed E-state index contributed by atoms with van der Waals surface area (Å²) in [5, 5.41) is 0.440. The molecule has 1 aliphatic heterocycles. The third-order valence-corrected chi connectivity index (χ3v) is 3.12. The average Bonchev–Trinajstić information content (AvgIpc) is 2.67. The normalized spacial score (nSPS) is 14.9. The van der Waals surface area contributed by atoms with E-state index in [4.69, 9.17) is 15.3 Å². The van der Waals surface area contributed by atoms with E-state index in [1.165, 1.54) is 6.07 Å². The van der Waals surface area contributed by atoms with Gasteiger partial charge >= 0.3 is 6.18 Å². The molecule has 0 spiro atoms. The number of alkyl halides is 3. The molecule has 0 saturated heterocycles. The highest BCUT2D eigenvalue weighted by atomic mass is 19.4. The van der Waals surface area contributed by atoms with Crippen molar-refractivity contribution < 1.29 is 22.6 Å². The van der Waals surface area contributed by atoms with E-state index < -0.39 is 11.9 Å². The van der Waals surface area contributed by atoms with Crippen LogP contribution in [0.25, 0.3) is 10.9 Å². The molecule has 5 nitrogen and oxygen atoms in total. The van der Waals surface area contributed by atoms with E-state index in [1.54, 1.807) is 6.07 Å². The predicted octanol–water partition coefficient (Wildman–Crippen LogP) is 2.70. The van der Waals surface area contributed by atoms with Crippen molar-refractivity contribution in [2.45, 2.75) is 12.6 Å². The van der Waals surface area contributed by atoms with E-state index in [0.717, 1.165) is 6.07 Å². The van der Waals surface area contributed by atoms with Crippen LogP contribution in [0.5, 0.6) is 11.5 Å². The van der Waals surface area contributed by atoms with E-state index >= 15 is 0 Å². The fourth-order valence-corrected chi connectivity index (χ4v) is 2.15. The highest BCUT2D eigenvalue weighted by Crippen LogP contribution is 2.38. The Labute approximate surface area is 117 Å². The molecular weight excluding hydrogens is 287 g/mol. The van der Waals surface area contributed by atoms with Gasteiger partial charge in [-0.2, -0.15) is 13.2 Å². The maximum absolute atomic E-state index is 12.8. The molecule has 112 valence electrons. The summed E-state index contributed by atoms with van der Waals surface area (Å²) in [4.78, 5) is 3.64. The molecule has 2 aromatic rings. The lowest BCUT2D eigenvalue weighted by molar-refractivity contribution is -0.140. The molecule has 0 radical (unpaired) electrons. The van der Waals surface area contributed by atoms with Gasteiger partial charge in [0.1, 0.15) is 5.69 Å². The molecule has 1 aromatic heterocycles. The summed E-state index contributed by atoms with van der Waals surface area (Å²) in [5.74, 6) is 6.17. The van der Waals surface area contributed by atoms with Crippen LogP contribution < -0.4 is 20.7 Å². The summed E-state index contributed by atoms with van der Waals surface area (Å²) in [7, 11) is 0. The molecule has 0 fully saturated rings. The Hall–Kier alpha value is -2.22. The number of halogens is 3. The van der Waals surface area contributed by atoms with Gasteiger partial charge in [-0.1, -0.05) is 0 Å². The summed E-state index contributed by atoms with van der Waals surface area (Å²) in [5.41, 5.74) is 1.52. The lowest BCUT2D eigenvalue weighted by Crippen LogP contribution is -2.13. The molecular formula is C13H12F3N3O2. The van der Waals surface area contributed by atoms with Crippen LogP contribution in [0.1, 0.15) is 12.1 Å². The molecule has 0 bridgehead atoms.